The van der Waals surface area contributed by atoms with Crippen LogP contribution in [0.25, 0.3) is 0 Å². The van der Waals surface area contributed by atoms with Crippen LogP contribution in [0, 0.1) is 11.8 Å². The lowest BCUT2D eigenvalue weighted by atomic mass is 9.87. The van der Waals surface area contributed by atoms with Gasteiger partial charge >= 0.3 is 6.09 Å². The molecule has 4 rings (SSSR count). The summed E-state index contributed by atoms with van der Waals surface area (Å²) in [6.45, 7) is 5.96. The van der Waals surface area contributed by atoms with Gasteiger partial charge in [0, 0.05) is 25.7 Å². The van der Waals surface area contributed by atoms with Crippen molar-refractivity contribution in [3.8, 4) is 5.75 Å². The van der Waals surface area contributed by atoms with Crippen molar-refractivity contribution in [3.63, 3.8) is 0 Å². The first-order valence-electron chi connectivity index (χ1n) is 14.0. The van der Waals surface area contributed by atoms with Crippen LogP contribution in [-0.4, -0.2) is 84.5 Å². The summed E-state index contributed by atoms with van der Waals surface area (Å²) < 4.78 is 40.0. The van der Waals surface area contributed by atoms with Gasteiger partial charge in [0.1, 0.15) is 5.75 Å². The number of methoxy groups -OCH3 is 1. The van der Waals surface area contributed by atoms with Gasteiger partial charge in [-0.2, -0.15) is 4.31 Å². The number of amides is 1. The summed E-state index contributed by atoms with van der Waals surface area (Å²) in [5, 5.41) is 22.6. The van der Waals surface area contributed by atoms with Gasteiger partial charge in [-0.15, -0.1) is 0 Å². The number of carboxylic acid groups (broad SMARTS) is 1. The molecular weight excluding hydrogens is 532 g/mol. The molecule has 0 spiro atoms. The Labute approximate surface area is 237 Å². The molecule has 0 radical (unpaired) electrons. The zero-order chi connectivity index (χ0) is 29.1. The molecule has 40 heavy (non-hydrogen) atoms. The first-order chi connectivity index (χ1) is 18.9. The van der Waals surface area contributed by atoms with Gasteiger partial charge in [0.05, 0.1) is 29.8 Å². The van der Waals surface area contributed by atoms with Gasteiger partial charge in [-0.05, 0) is 74.3 Å². The van der Waals surface area contributed by atoms with E-state index in [0.717, 1.165) is 12.0 Å². The maximum atomic E-state index is 13.8. The number of carbonyl (C=O) groups is 1. The summed E-state index contributed by atoms with van der Waals surface area (Å²) in [6, 6.07) is 14.3. The molecule has 2 aromatic carbocycles. The highest BCUT2D eigenvalue weighted by atomic mass is 32.2. The number of sulfonamides is 1. The number of nitrogens with zero attached hydrogens (tertiary/aromatic N) is 2. The smallest absolute Gasteiger partial charge is 0.407 e. The molecule has 220 valence electrons. The number of hydrogen-bond donors (Lipinski definition) is 2. The number of ether oxygens (including phenoxy) is 2. The van der Waals surface area contributed by atoms with E-state index in [2.05, 4.69) is 0 Å². The molecule has 2 aliphatic rings. The normalized spacial score (nSPS) is 23.1. The van der Waals surface area contributed by atoms with Crippen LogP contribution in [-0.2, 0) is 21.2 Å². The Balaban J connectivity index is 1.70. The van der Waals surface area contributed by atoms with E-state index in [1.54, 1.807) is 19.1 Å². The monoisotopic (exact) mass is 574 g/mol. The fraction of sp³-hybridized carbons (Fsp3) is 0.567. The highest BCUT2D eigenvalue weighted by Crippen LogP contribution is 2.40. The molecule has 0 unspecified atom stereocenters. The van der Waals surface area contributed by atoms with E-state index >= 15 is 0 Å². The highest BCUT2D eigenvalue weighted by Gasteiger charge is 2.49. The third-order valence-corrected chi connectivity index (χ3v) is 9.95. The molecule has 9 nitrogen and oxygen atoms in total. The Hall–Kier alpha value is -2.66. The molecule has 1 aliphatic carbocycles. The summed E-state index contributed by atoms with van der Waals surface area (Å²) in [5.74, 6) is 0.798. The van der Waals surface area contributed by atoms with Crippen molar-refractivity contribution in [1.29, 1.82) is 0 Å². The Bertz CT molecular complexity index is 1220. The predicted octanol–water partition coefficient (Wildman–Crippen LogP) is 4.25. The van der Waals surface area contributed by atoms with Crippen molar-refractivity contribution in [2.24, 2.45) is 11.8 Å². The van der Waals surface area contributed by atoms with Gasteiger partial charge in [-0.1, -0.05) is 44.2 Å². The molecule has 0 bridgehead atoms. The van der Waals surface area contributed by atoms with Gasteiger partial charge in [0.15, 0.2) is 0 Å². The van der Waals surface area contributed by atoms with E-state index in [-0.39, 0.29) is 42.5 Å². The minimum atomic E-state index is -4.01. The van der Waals surface area contributed by atoms with Crippen LogP contribution in [0.5, 0.6) is 5.75 Å². The van der Waals surface area contributed by atoms with E-state index < -0.39 is 27.8 Å². The molecule has 1 amide bonds. The topological polar surface area (TPSA) is 117 Å². The minimum absolute atomic E-state index is 0.0158. The zero-order valence-corrected chi connectivity index (χ0v) is 24.6. The van der Waals surface area contributed by atoms with Crippen LogP contribution < -0.4 is 4.74 Å². The number of benzene rings is 2. The second kappa shape index (κ2) is 12.5. The van der Waals surface area contributed by atoms with Gasteiger partial charge in [0.2, 0.25) is 10.0 Å². The highest BCUT2D eigenvalue weighted by molar-refractivity contribution is 7.89. The minimum Gasteiger partial charge on any atom is -0.497 e. The van der Waals surface area contributed by atoms with E-state index in [4.69, 9.17) is 9.47 Å². The lowest BCUT2D eigenvalue weighted by molar-refractivity contribution is -0.0516. The van der Waals surface area contributed by atoms with Gasteiger partial charge in [0.25, 0.3) is 0 Å². The van der Waals surface area contributed by atoms with Crippen LogP contribution in [0.4, 0.5) is 4.79 Å². The fourth-order valence-corrected chi connectivity index (χ4v) is 7.88. The van der Waals surface area contributed by atoms with Crippen LogP contribution in [0.1, 0.15) is 45.6 Å². The third-order valence-electron chi connectivity index (χ3n) is 8.13. The van der Waals surface area contributed by atoms with Crippen LogP contribution >= 0.6 is 0 Å². The first-order valence-corrected chi connectivity index (χ1v) is 15.4. The third kappa shape index (κ3) is 6.79. The molecule has 2 fully saturated rings. The fourth-order valence-electron chi connectivity index (χ4n) is 6.18. The van der Waals surface area contributed by atoms with Gasteiger partial charge in [-0.3, -0.25) is 4.90 Å². The predicted molar refractivity (Wildman–Crippen MR) is 152 cm³/mol. The maximum absolute atomic E-state index is 13.8. The molecule has 0 aromatic heterocycles. The Morgan fingerprint density at radius 2 is 1.80 bits per heavy atom. The number of fused-ring (bicyclic) bond motifs is 1. The molecule has 10 heteroatoms. The van der Waals surface area contributed by atoms with Crippen molar-refractivity contribution in [3.05, 3.63) is 60.2 Å². The van der Waals surface area contributed by atoms with Gasteiger partial charge < -0.3 is 19.7 Å². The number of aliphatic hydroxyl groups is 1. The second-order valence-corrected chi connectivity index (χ2v) is 13.6. The molecule has 5 atom stereocenters. The summed E-state index contributed by atoms with van der Waals surface area (Å²) in [5.41, 5.74) is -0.844. The first kappa shape index (κ1) is 30.3. The summed E-state index contributed by atoms with van der Waals surface area (Å²) in [7, 11) is -2.50. The maximum Gasteiger partial charge on any atom is 0.407 e. The van der Waals surface area contributed by atoms with E-state index in [1.165, 1.54) is 28.4 Å². The van der Waals surface area contributed by atoms with Crippen molar-refractivity contribution < 1.29 is 32.9 Å². The van der Waals surface area contributed by atoms with Crippen LogP contribution in [0.2, 0.25) is 0 Å². The molecule has 1 saturated heterocycles. The Morgan fingerprint density at radius 1 is 1.12 bits per heavy atom. The average molecular weight is 575 g/mol. The standard InChI is InChI=1S/C30H42N2O7S/c1-21(2)19-31(40(36,37)26-12-10-25(38-4)11-13-26)20-30(3,35)28(16-22-8-6-5-7-9-22)32(29(33)34)24-17-23-14-15-39-27(23)18-24/h5-13,21,23-24,27-28,35H,14-20H2,1-4H3,(H,33,34)/t23-,24+,27+,28-,30+/m0/s1. The summed E-state index contributed by atoms with van der Waals surface area (Å²) in [4.78, 5) is 14.3. The summed E-state index contributed by atoms with van der Waals surface area (Å²) >= 11 is 0. The van der Waals surface area contributed by atoms with Crippen molar-refractivity contribution >= 4 is 16.1 Å². The molecule has 1 saturated carbocycles. The van der Waals surface area contributed by atoms with Crippen molar-refractivity contribution in [2.45, 2.75) is 75.1 Å². The molecular formula is C30H42N2O7S. The SMILES string of the molecule is COc1ccc(S(=O)(=O)N(CC(C)C)C[C@@](C)(O)[C@H](Cc2ccccc2)N(C(=O)O)[C@@H]2C[C@@H]3CCO[C@@H]3C2)cc1. The van der Waals surface area contributed by atoms with Crippen molar-refractivity contribution in [2.75, 3.05) is 26.8 Å². The number of rotatable bonds is 12. The largest absolute Gasteiger partial charge is 0.497 e. The van der Waals surface area contributed by atoms with Crippen molar-refractivity contribution in [1.82, 2.24) is 9.21 Å². The van der Waals surface area contributed by atoms with Gasteiger partial charge in [-0.25, -0.2) is 13.2 Å². The lowest BCUT2D eigenvalue weighted by Gasteiger charge is -2.44. The number of hydrogen-bond acceptors (Lipinski definition) is 6. The average Bonchev–Trinajstić information content (AvgIpc) is 3.50. The molecule has 1 heterocycles. The summed E-state index contributed by atoms with van der Waals surface area (Å²) in [6.07, 6.45) is 1.26. The van der Waals surface area contributed by atoms with E-state index in [9.17, 15) is 23.4 Å². The Kier molecular flexibility index (Phi) is 9.44. The van der Waals surface area contributed by atoms with Crippen LogP contribution in [0.3, 0.4) is 0 Å². The molecule has 2 aromatic rings. The zero-order valence-electron chi connectivity index (χ0n) is 23.8. The lowest BCUT2D eigenvalue weighted by Crippen LogP contribution is -2.61. The quantitative estimate of drug-likeness (QED) is 0.389. The van der Waals surface area contributed by atoms with E-state index in [1.807, 2.05) is 44.2 Å². The van der Waals surface area contributed by atoms with Crippen LogP contribution in [0.15, 0.2) is 59.5 Å². The second-order valence-electron chi connectivity index (χ2n) is 11.7. The molecule has 1 aliphatic heterocycles. The Morgan fingerprint density at radius 3 is 2.38 bits per heavy atom. The molecule has 2 N–H and O–H groups in total. The van der Waals surface area contributed by atoms with E-state index in [0.29, 0.717) is 31.1 Å².